The second kappa shape index (κ2) is 10.1. The normalized spacial score (nSPS) is 10.6. The van der Waals surface area contributed by atoms with Gasteiger partial charge in [0.05, 0.1) is 0 Å². The predicted molar refractivity (Wildman–Crippen MR) is 127 cm³/mol. The fourth-order valence-electron chi connectivity index (χ4n) is 3.28. The fraction of sp³-hybridized carbons (Fsp3) is 0.0800. The van der Waals surface area contributed by atoms with Crippen LogP contribution in [0.2, 0.25) is 0 Å². The Hall–Kier alpha value is -3.91. The van der Waals surface area contributed by atoms with E-state index in [1.54, 1.807) is 30.5 Å². The first-order chi connectivity index (χ1) is 16.0. The minimum atomic E-state index is -0.399. The molecule has 0 saturated heterocycles. The molecule has 4 rings (SSSR count). The lowest BCUT2D eigenvalue weighted by Crippen LogP contribution is -2.23. The maximum absolute atomic E-state index is 13.1. The lowest BCUT2D eigenvalue weighted by molar-refractivity contribution is 0.0950. The molecule has 0 aliphatic carbocycles. The first kappa shape index (κ1) is 22.3. The van der Waals surface area contributed by atoms with E-state index in [2.05, 4.69) is 15.6 Å². The molecule has 166 valence electrons. The van der Waals surface area contributed by atoms with Crippen LogP contribution in [0.1, 0.15) is 26.3 Å². The van der Waals surface area contributed by atoms with Crippen LogP contribution < -0.4 is 10.6 Å². The molecule has 6 nitrogen and oxygen atoms in total. The number of amides is 2. The number of aromatic nitrogens is 2. The molecule has 33 heavy (non-hydrogen) atoms. The minimum Gasteiger partial charge on any atom is -0.348 e. The number of carbonyl (C=O) groups excluding carboxylic acids is 2. The monoisotopic (exact) mass is 460 g/mol. The van der Waals surface area contributed by atoms with Crippen molar-refractivity contribution in [3.05, 3.63) is 108 Å². The van der Waals surface area contributed by atoms with Crippen molar-refractivity contribution in [3.63, 3.8) is 0 Å². The Morgan fingerprint density at radius 1 is 0.970 bits per heavy atom. The van der Waals surface area contributed by atoms with Gasteiger partial charge in [-0.25, -0.2) is 9.37 Å². The second-order valence-electron chi connectivity index (χ2n) is 7.18. The molecule has 0 aliphatic rings. The molecule has 1 heterocycles. The summed E-state index contributed by atoms with van der Waals surface area (Å²) in [4.78, 5) is 29.4. The average molecular weight is 461 g/mol. The van der Waals surface area contributed by atoms with Gasteiger partial charge in [0, 0.05) is 41.4 Å². The van der Waals surface area contributed by atoms with Crippen molar-refractivity contribution in [1.82, 2.24) is 14.9 Å². The number of halogens is 1. The van der Waals surface area contributed by atoms with Gasteiger partial charge in [-0.15, -0.1) is 0 Å². The van der Waals surface area contributed by atoms with Gasteiger partial charge in [0.2, 0.25) is 0 Å². The van der Waals surface area contributed by atoms with Crippen LogP contribution >= 0.6 is 11.8 Å². The molecule has 0 radical (unpaired) electrons. The highest BCUT2D eigenvalue weighted by Crippen LogP contribution is 2.19. The summed E-state index contributed by atoms with van der Waals surface area (Å²) in [7, 11) is 0. The van der Waals surface area contributed by atoms with Gasteiger partial charge in [0.25, 0.3) is 11.8 Å². The molecule has 0 unspecified atom stereocenters. The third kappa shape index (κ3) is 5.48. The molecule has 8 heteroatoms. The Bertz CT molecular complexity index is 1290. The molecule has 2 N–H and O–H groups in total. The fourth-order valence-corrected chi connectivity index (χ4v) is 3.81. The van der Waals surface area contributed by atoms with E-state index in [9.17, 15) is 14.0 Å². The van der Waals surface area contributed by atoms with Crippen molar-refractivity contribution in [2.45, 2.75) is 11.7 Å². The quantitative estimate of drug-likeness (QED) is 0.384. The number of carbonyl (C=O) groups is 2. The minimum absolute atomic E-state index is 0.205. The summed E-state index contributed by atoms with van der Waals surface area (Å²) in [5, 5.41) is 6.54. The number of benzene rings is 3. The van der Waals surface area contributed by atoms with Crippen LogP contribution in [0.15, 0.2) is 90.3 Å². The lowest BCUT2D eigenvalue weighted by atomic mass is 10.1. The number of thioether (sulfide) groups is 1. The third-order valence-corrected chi connectivity index (χ3v) is 5.59. The Morgan fingerprint density at radius 3 is 2.55 bits per heavy atom. The van der Waals surface area contributed by atoms with Gasteiger partial charge in [0.15, 0.2) is 5.16 Å². The van der Waals surface area contributed by atoms with Crippen molar-refractivity contribution >= 4 is 29.3 Å². The van der Waals surface area contributed by atoms with Gasteiger partial charge < -0.3 is 10.6 Å². The van der Waals surface area contributed by atoms with E-state index >= 15 is 0 Å². The highest BCUT2D eigenvalue weighted by molar-refractivity contribution is 7.98. The molecule has 4 aromatic rings. The number of hydrogen-bond acceptors (Lipinski definition) is 4. The Kier molecular flexibility index (Phi) is 6.85. The number of anilines is 1. The van der Waals surface area contributed by atoms with Gasteiger partial charge in [-0.3, -0.25) is 14.2 Å². The Balaban J connectivity index is 1.40. The van der Waals surface area contributed by atoms with Gasteiger partial charge >= 0.3 is 0 Å². The summed E-state index contributed by atoms with van der Waals surface area (Å²) in [5.41, 5.74) is 3.17. The first-order valence-corrected chi connectivity index (χ1v) is 11.4. The zero-order valence-electron chi connectivity index (χ0n) is 17.8. The van der Waals surface area contributed by atoms with E-state index in [1.807, 2.05) is 41.3 Å². The van der Waals surface area contributed by atoms with E-state index in [0.29, 0.717) is 23.4 Å². The molecule has 0 saturated carbocycles. The molecule has 1 aromatic heterocycles. The zero-order valence-corrected chi connectivity index (χ0v) is 18.6. The van der Waals surface area contributed by atoms with E-state index < -0.39 is 5.82 Å². The smallest absolute Gasteiger partial charge is 0.255 e. The van der Waals surface area contributed by atoms with Crippen LogP contribution in [-0.2, 0) is 6.54 Å². The van der Waals surface area contributed by atoms with Crippen molar-refractivity contribution in [3.8, 4) is 5.69 Å². The summed E-state index contributed by atoms with van der Waals surface area (Å²) < 4.78 is 15.0. The van der Waals surface area contributed by atoms with Crippen LogP contribution in [0.25, 0.3) is 5.69 Å². The lowest BCUT2D eigenvalue weighted by Gasteiger charge is -2.10. The largest absolute Gasteiger partial charge is 0.348 e. The van der Waals surface area contributed by atoms with E-state index in [4.69, 9.17) is 0 Å². The number of nitrogens with zero attached hydrogens (tertiary/aromatic N) is 2. The second-order valence-corrected chi connectivity index (χ2v) is 7.95. The molecule has 0 bridgehead atoms. The highest BCUT2D eigenvalue weighted by atomic mass is 32.2. The molecule has 0 spiro atoms. The summed E-state index contributed by atoms with van der Waals surface area (Å²) in [6.07, 6.45) is 5.53. The number of rotatable bonds is 7. The van der Waals surface area contributed by atoms with Crippen molar-refractivity contribution in [1.29, 1.82) is 0 Å². The number of imidazole rings is 1. The molecule has 0 fully saturated rings. The molecule has 0 atom stereocenters. The number of hydrogen-bond donors (Lipinski definition) is 2. The van der Waals surface area contributed by atoms with E-state index in [0.717, 1.165) is 16.4 Å². The van der Waals surface area contributed by atoms with Crippen LogP contribution in [0, 0.1) is 5.82 Å². The highest BCUT2D eigenvalue weighted by Gasteiger charge is 2.10. The molecular weight excluding hydrogens is 439 g/mol. The predicted octanol–water partition coefficient (Wildman–Crippen LogP) is 4.92. The SMILES string of the molecule is CSc1nccn1-c1cccc(C(=O)NCc2cccc(NC(=O)c3ccc(F)cc3)c2)c1. The Labute approximate surface area is 194 Å². The molecule has 0 aliphatic heterocycles. The molecule has 2 amide bonds. The topological polar surface area (TPSA) is 76.0 Å². The first-order valence-electron chi connectivity index (χ1n) is 10.2. The van der Waals surface area contributed by atoms with Crippen LogP contribution in [0.5, 0.6) is 0 Å². The van der Waals surface area contributed by atoms with Crippen molar-refractivity contribution in [2.24, 2.45) is 0 Å². The molecular formula is C25H21FN4O2S. The van der Waals surface area contributed by atoms with Crippen LogP contribution in [0.4, 0.5) is 10.1 Å². The average Bonchev–Trinajstić information content (AvgIpc) is 3.32. The van der Waals surface area contributed by atoms with Gasteiger partial charge in [-0.05, 0) is 66.4 Å². The summed E-state index contributed by atoms with van der Waals surface area (Å²) >= 11 is 1.53. The number of nitrogens with one attached hydrogen (secondary N) is 2. The van der Waals surface area contributed by atoms with Crippen LogP contribution in [-0.4, -0.2) is 27.6 Å². The zero-order chi connectivity index (χ0) is 23.2. The van der Waals surface area contributed by atoms with Gasteiger partial charge in [-0.2, -0.15) is 0 Å². The van der Waals surface area contributed by atoms with Crippen molar-refractivity contribution in [2.75, 3.05) is 11.6 Å². The third-order valence-electron chi connectivity index (χ3n) is 4.92. The maximum atomic E-state index is 13.1. The van der Waals surface area contributed by atoms with Gasteiger partial charge in [0.1, 0.15) is 5.82 Å². The van der Waals surface area contributed by atoms with Crippen molar-refractivity contribution < 1.29 is 14.0 Å². The summed E-state index contributed by atoms with van der Waals surface area (Å²) in [6, 6.07) is 19.9. The van der Waals surface area contributed by atoms with E-state index in [1.165, 1.54) is 36.0 Å². The molecule has 3 aromatic carbocycles. The summed E-state index contributed by atoms with van der Waals surface area (Å²) in [5.74, 6) is -0.940. The standard InChI is InChI=1S/C25H21FN4O2S/c1-33-25-27-12-13-30(25)22-7-3-5-19(15-22)23(31)28-16-17-4-2-6-21(14-17)29-24(32)18-8-10-20(26)11-9-18/h2-15H,16H2,1H3,(H,28,31)(H,29,32). The summed E-state index contributed by atoms with van der Waals surface area (Å²) in [6.45, 7) is 0.296. The van der Waals surface area contributed by atoms with E-state index in [-0.39, 0.29) is 11.8 Å². The Morgan fingerprint density at radius 2 is 1.76 bits per heavy atom. The van der Waals surface area contributed by atoms with Crippen LogP contribution in [0.3, 0.4) is 0 Å². The van der Waals surface area contributed by atoms with Gasteiger partial charge in [-0.1, -0.05) is 30.0 Å². The maximum Gasteiger partial charge on any atom is 0.255 e.